The van der Waals surface area contributed by atoms with Gasteiger partial charge in [-0.25, -0.2) is 19.2 Å². The number of rotatable bonds is 8. The van der Waals surface area contributed by atoms with Gasteiger partial charge >= 0.3 is 23.9 Å². The van der Waals surface area contributed by atoms with Gasteiger partial charge in [-0.3, -0.25) is 58.0 Å². The molecule has 4 atom stereocenters. The van der Waals surface area contributed by atoms with Crippen LogP contribution in [0.4, 0.5) is 0 Å². The molecule has 0 aliphatic carbocycles. The number of imide groups is 4. The Hall–Kier alpha value is -7.43. The van der Waals surface area contributed by atoms with E-state index in [0.29, 0.717) is 0 Å². The molecule has 94 heavy (non-hydrogen) atoms. The van der Waals surface area contributed by atoms with E-state index < -0.39 is 117 Å². The Morgan fingerprint density at radius 2 is 0.383 bits per heavy atom. The molecule has 22 heteroatoms. The zero-order valence-electron chi connectivity index (χ0n) is 58.4. The van der Waals surface area contributed by atoms with Crippen LogP contribution in [0.15, 0.2) is 72.8 Å². The number of hydrogen-bond acceptors (Lipinski definition) is 12. The summed E-state index contributed by atoms with van der Waals surface area (Å²) in [6.07, 6.45) is 0. The number of carboxylic acid groups (broad SMARTS) is 4. The van der Waals surface area contributed by atoms with Crippen LogP contribution in [0.1, 0.15) is 271 Å². The number of carboxylic acids is 4. The molecule has 4 N–H and O–H groups in total. The zero-order chi connectivity index (χ0) is 71.0. The van der Waals surface area contributed by atoms with Gasteiger partial charge in [0.2, 0.25) is 0 Å². The average Bonchev–Trinajstić information content (AvgIpc) is 1.63. The zero-order valence-corrected chi connectivity index (χ0v) is 61.7. The first kappa shape index (κ1) is 80.8. The van der Waals surface area contributed by atoms with Gasteiger partial charge in [0.05, 0.1) is 44.5 Å². The normalized spacial score (nSPS) is 16.2. The number of nitrogens with zero attached hydrogens (tertiary/aromatic N) is 4. The molecule has 0 fully saturated rings. The molecule has 4 aromatic rings. The fourth-order valence-electron chi connectivity index (χ4n) is 11.3. The fourth-order valence-corrected chi connectivity index (χ4v) is 11.3. The van der Waals surface area contributed by atoms with Crippen LogP contribution in [0, 0.1) is 21.7 Å². The molecule has 0 saturated carbocycles. The number of aliphatic carboxylic acids is 4. The van der Waals surface area contributed by atoms with E-state index in [0.717, 1.165) is 41.9 Å². The van der Waals surface area contributed by atoms with Crippen molar-refractivity contribution in [1.82, 2.24) is 19.6 Å². The molecule has 514 valence electrons. The Balaban J connectivity index is 0.000000325. The molecule has 8 rings (SSSR count). The molecule has 0 unspecified atom stereocenters. The number of benzene rings is 4. The Morgan fingerprint density at radius 1 is 0.255 bits per heavy atom. The second-order valence-corrected chi connectivity index (χ2v) is 32.4. The summed E-state index contributed by atoms with van der Waals surface area (Å²) in [6.45, 7) is 44.7. The second-order valence-electron chi connectivity index (χ2n) is 32.4. The fraction of sp³-hybridized carbons (Fsp3) is 0.500. The van der Waals surface area contributed by atoms with E-state index in [-0.39, 0.29) is 105 Å². The van der Waals surface area contributed by atoms with Gasteiger partial charge in [0.1, 0.15) is 24.2 Å². The predicted molar refractivity (Wildman–Crippen MR) is 346 cm³/mol. The topological polar surface area (TPSA) is 299 Å². The van der Waals surface area contributed by atoms with Crippen molar-refractivity contribution in [2.75, 3.05) is 0 Å². The van der Waals surface area contributed by atoms with Crippen molar-refractivity contribution >= 4 is 71.1 Å². The number of carbonyl (C=O) groups excluding carboxylic acids is 8. The van der Waals surface area contributed by atoms with E-state index in [2.05, 4.69) is 0 Å². The minimum atomic E-state index is -1.20. The predicted octanol–water partition coefficient (Wildman–Crippen LogP) is 12.3. The number of hydrogen-bond donors (Lipinski definition) is 4. The van der Waals surface area contributed by atoms with Crippen LogP contribution < -0.4 is 0 Å². The summed E-state index contributed by atoms with van der Waals surface area (Å²) >= 11 is 0. The van der Waals surface area contributed by atoms with Crippen LogP contribution in [0.3, 0.4) is 0 Å². The molecular weight excluding hydrogens is 1380 g/mol. The number of fused-ring (bicyclic) bond motifs is 4. The van der Waals surface area contributed by atoms with Gasteiger partial charge in [0, 0.05) is 39.0 Å². The summed E-state index contributed by atoms with van der Waals surface area (Å²) in [7, 11) is 0. The van der Waals surface area contributed by atoms with Crippen molar-refractivity contribution < 1.29 is 117 Å². The third-order valence-electron chi connectivity index (χ3n) is 16.4. The van der Waals surface area contributed by atoms with E-state index in [4.69, 9.17) is 0 Å². The molecule has 4 heterocycles. The van der Waals surface area contributed by atoms with Crippen molar-refractivity contribution in [1.29, 1.82) is 0 Å². The van der Waals surface area contributed by atoms with E-state index in [9.17, 15) is 78.0 Å². The van der Waals surface area contributed by atoms with Gasteiger partial charge in [0.25, 0.3) is 47.3 Å². The Labute approximate surface area is 577 Å². The first-order valence-corrected chi connectivity index (χ1v) is 30.4. The van der Waals surface area contributed by atoms with E-state index in [1.807, 2.05) is 107 Å². The maximum Gasteiger partial charge on any atom is 0.327 e. The molecule has 20 nitrogen and oxygen atoms in total. The first-order valence-electron chi connectivity index (χ1n) is 30.4. The molecule has 0 spiro atoms. The van der Waals surface area contributed by atoms with Crippen molar-refractivity contribution in [3.05, 3.63) is 140 Å². The van der Waals surface area contributed by atoms with Gasteiger partial charge in [-0.05, 0) is 114 Å². The number of carbonyl (C=O) groups is 12. The first-order chi connectivity index (χ1) is 41.4. The summed E-state index contributed by atoms with van der Waals surface area (Å²) < 4.78 is 0. The third-order valence-corrected chi connectivity index (χ3v) is 16.4. The molecule has 0 bridgehead atoms. The van der Waals surface area contributed by atoms with Crippen LogP contribution in [-0.2, 0) is 79.8 Å². The van der Waals surface area contributed by atoms with Crippen LogP contribution in [0.5, 0.6) is 0 Å². The largest absolute Gasteiger partial charge is 0.480 e. The van der Waals surface area contributed by atoms with Gasteiger partial charge in [-0.1, -0.05) is 190 Å². The maximum atomic E-state index is 12.7. The molecule has 0 saturated heterocycles. The Bertz CT molecular complexity index is 3270. The average molecular weight is 1480 g/mol. The minimum absolute atomic E-state index is 0. The maximum absolute atomic E-state index is 12.7. The molecule has 0 aromatic heterocycles. The number of amides is 8. The van der Waals surface area contributed by atoms with Crippen molar-refractivity contribution in [3.8, 4) is 0 Å². The molecule has 2 radical (unpaired) electrons. The Kier molecular flexibility index (Phi) is 23.8. The summed E-state index contributed by atoms with van der Waals surface area (Å²) in [6, 6.07) is 15.8. The molecule has 4 aromatic carbocycles. The van der Waals surface area contributed by atoms with E-state index in [1.54, 1.807) is 132 Å². The summed E-state index contributed by atoms with van der Waals surface area (Å²) in [4.78, 5) is 151. The Morgan fingerprint density at radius 3 is 0.489 bits per heavy atom. The summed E-state index contributed by atoms with van der Waals surface area (Å²) in [5.74, 6) is -8.97. The summed E-state index contributed by atoms with van der Waals surface area (Å²) in [5, 5.41) is 38.1. The van der Waals surface area contributed by atoms with Gasteiger partial charge < -0.3 is 20.4 Å². The SMILES string of the molecule is CC(C)(C)c1ccc2c(c1)C(=O)N([C@H](C(=O)O)C(C)(C)C)C2=O.CC(C)(C)c1ccc2c(c1)C(=O)N([C@H](C(=O)O)C(C)(C)C)C2=O.CC(C)(C)c1ccc2c(c1)C(=O)N([C@H](C(=O)O)C(C)(C)C)C2=O.CC(C)(C)c1ccc2c(c1)C(=O)N([C@H](C(=O)O)C(C)(C)C)C2=O.[Rh].[Rh]. The monoisotopic (exact) mass is 1470 g/mol. The quantitative estimate of drug-likeness (QED) is 0.0941. The van der Waals surface area contributed by atoms with Crippen LogP contribution in [0.2, 0.25) is 0 Å². The standard InChI is InChI=1S/4C18H23NO4.2Rh/c4*1-17(2,3)10-7-8-11-12(9-10)15(21)19(14(11)20)13(16(22)23)18(4,5)6;;/h4*7-9,13H,1-6H3,(H,22,23);;/t4*13-;;/m1111../s1. The third kappa shape index (κ3) is 16.6. The van der Waals surface area contributed by atoms with Crippen LogP contribution >= 0.6 is 0 Å². The van der Waals surface area contributed by atoms with E-state index in [1.165, 1.54) is 0 Å². The molecule has 4 aliphatic heterocycles. The van der Waals surface area contributed by atoms with Gasteiger partial charge in [-0.15, -0.1) is 0 Å². The molecular formula is C72H92N4O16Rh2. The van der Waals surface area contributed by atoms with Crippen molar-refractivity contribution in [3.63, 3.8) is 0 Å². The van der Waals surface area contributed by atoms with Crippen molar-refractivity contribution in [2.45, 2.75) is 212 Å². The molecule has 8 amide bonds. The van der Waals surface area contributed by atoms with E-state index >= 15 is 0 Å². The second kappa shape index (κ2) is 27.7. The van der Waals surface area contributed by atoms with Crippen molar-refractivity contribution in [2.24, 2.45) is 21.7 Å². The smallest absolute Gasteiger partial charge is 0.327 e. The van der Waals surface area contributed by atoms with Crippen LogP contribution in [0.25, 0.3) is 0 Å². The van der Waals surface area contributed by atoms with Crippen LogP contribution in [-0.4, -0.2) is 135 Å². The molecule has 4 aliphatic rings. The summed E-state index contributed by atoms with van der Waals surface area (Å²) in [5.41, 5.74) is 2.30. The van der Waals surface area contributed by atoms with Gasteiger partial charge in [-0.2, -0.15) is 0 Å². The van der Waals surface area contributed by atoms with Gasteiger partial charge in [0.15, 0.2) is 0 Å². The minimum Gasteiger partial charge on any atom is -0.480 e.